The highest BCUT2D eigenvalue weighted by Gasteiger charge is 2.21. The van der Waals surface area contributed by atoms with Gasteiger partial charge < -0.3 is 9.64 Å². The summed E-state index contributed by atoms with van der Waals surface area (Å²) in [5.41, 5.74) is 0.0932. The summed E-state index contributed by atoms with van der Waals surface area (Å²) in [6.45, 7) is 7.32. The van der Waals surface area contributed by atoms with E-state index < -0.39 is 11.8 Å². The lowest BCUT2D eigenvalue weighted by Gasteiger charge is -2.28. The molecule has 0 bridgehead atoms. The summed E-state index contributed by atoms with van der Waals surface area (Å²) >= 11 is 0. The van der Waals surface area contributed by atoms with Gasteiger partial charge in [0, 0.05) is 0 Å². The Kier molecular flexibility index (Phi) is 4.84. The van der Waals surface area contributed by atoms with Crippen molar-refractivity contribution >= 4 is 5.97 Å². The number of hydrogen-bond acceptors (Lipinski definition) is 2. The first-order valence-electron chi connectivity index (χ1n) is 6.07. The van der Waals surface area contributed by atoms with Crippen LogP contribution in [0.5, 0.6) is 0 Å². The average molecular weight is 254 g/mol. The van der Waals surface area contributed by atoms with Crippen molar-refractivity contribution in [3.63, 3.8) is 0 Å². The van der Waals surface area contributed by atoms with Crippen LogP contribution in [-0.2, 0) is 4.74 Å². The van der Waals surface area contributed by atoms with Crippen LogP contribution in [0, 0.1) is 5.82 Å². The summed E-state index contributed by atoms with van der Waals surface area (Å²) < 4.78 is 18.4. The number of rotatable bonds is 4. The fraction of sp³-hybridized carbons (Fsp3) is 0.500. The van der Waals surface area contributed by atoms with Gasteiger partial charge in [0.2, 0.25) is 0 Å². The molecule has 0 saturated heterocycles. The van der Waals surface area contributed by atoms with Crippen molar-refractivity contribution in [2.24, 2.45) is 0 Å². The Morgan fingerprint density at radius 3 is 2.50 bits per heavy atom. The molecule has 100 valence electrons. The van der Waals surface area contributed by atoms with Gasteiger partial charge in [-0.15, -0.1) is 0 Å². The zero-order valence-corrected chi connectivity index (χ0v) is 11.4. The maximum absolute atomic E-state index is 13.3. The van der Waals surface area contributed by atoms with Crippen molar-refractivity contribution in [3.8, 4) is 0 Å². The lowest BCUT2D eigenvalue weighted by Crippen LogP contribution is -3.16. The highest BCUT2D eigenvalue weighted by Crippen LogP contribution is 2.07. The molecule has 1 aromatic rings. The van der Waals surface area contributed by atoms with Crippen LogP contribution < -0.4 is 4.90 Å². The van der Waals surface area contributed by atoms with Crippen LogP contribution in [0.4, 0.5) is 4.39 Å². The van der Waals surface area contributed by atoms with Crippen molar-refractivity contribution < 1.29 is 18.8 Å². The second-order valence-electron chi connectivity index (χ2n) is 5.40. The monoisotopic (exact) mass is 254 g/mol. The van der Waals surface area contributed by atoms with Gasteiger partial charge in [-0.1, -0.05) is 12.1 Å². The minimum Gasteiger partial charge on any atom is -0.456 e. The molecule has 0 fully saturated rings. The molecule has 0 heterocycles. The molecule has 18 heavy (non-hydrogen) atoms. The number of carbonyl (C=O) groups is 1. The van der Waals surface area contributed by atoms with Gasteiger partial charge in [-0.25, -0.2) is 9.18 Å². The van der Waals surface area contributed by atoms with Gasteiger partial charge in [0.1, 0.15) is 19.0 Å². The van der Waals surface area contributed by atoms with Gasteiger partial charge >= 0.3 is 5.97 Å². The second kappa shape index (κ2) is 5.96. The van der Waals surface area contributed by atoms with E-state index in [2.05, 4.69) is 20.8 Å². The third-order valence-electron chi connectivity index (χ3n) is 3.08. The first-order chi connectivity index (χ1) is 8.32. The van der Waals surface area contributed by atoms with E-state index in [1.54, 1.807) is 12.1 Å². The van der Waals surface area contributed by atoms with Gasteiger partial charge in [-0.2, -0.15) is 0 Å². The Balaban J connectivity index is 2.46. The predicted molar refractivity (Wildman–Crippen MR) is 68.2 cm³/mol. The smallest absolute Gasteiger partial charge is 0.341 e. The SMILES string of the molecule is C[NH+](CCOC(=O)c1ccccc1F)C(C)(C)C. The molecule has 3 nitrogen and oxygen atoms in total. The number of halogens is 1. The summed E-state index contributed by atoms with van der Waals surface area (Å²) in [6.07, 6.45) is 0. The molecule has 1 N–H and O–H groups in total. The number of carbonyl (C=O) groups excluding carboxylic acids is 1. The van der Waals surface area contributed by atoms with E-state index in [-0.39, 0.29) is 17.7 Å². The molecule has 0 radical (unpaired) electrons. The Morgan fingerprint density at radius 1 is 1.33 bits per heavy atom. The second-order valence-corrected chi connectivity index (χ2v) is 5.40. The number of quaternary nitrogens is 1. The summed E-state index contributed by atoms with van der Waals surface area (Å²) in [5.74, 6) is -1.14. The lowest BCUT2D eigenvalue weighted by atomic mass is 10.1. The maximum Gasteiger partial charge on any atom is 0.341 e. The molecule has 1 unspecified atom stereocenters. The summed E-state index contributed by atoms with van der Waals surface area (Å²) in [4.78, 5) is 12.9. The summed E-state index contributed by atoms with van der Waals surface area (Å²) in [6, 6.07) is 5.84. The number of benzene rings is 1. The largest absolute Gasteiger partial charge is 0.456 e. The molecule has 4 heteroatoms. The lowest BCUT2D eigenvalue weighted by molar-refractivity contribution is -0.927. The van der Waals surface area contributed by atoms with Gasteiger partial charge in [-0.3, -0.25) is 0 Å². The first kappa shape index (κ1) is 14.6. The zero-order chi connectivity index (χ0) is 13.8. The van der Waals surface area contributed by atoms with E-state index >= 15 is 0 Å². The molecule has 0 saturated carbocycles. The average Bonchev–Trinajstić information content (AvgIpc) is 2.28. The molecular weight excluding hydrogens is 233 g/mol. The normalized spacial score (nSPS) is 13.2. The Morgan fingerprint density at radius 2 is 1.94 bits per heavy atom. The van der Waals surface area contributed by atoms with E-state index in [4.69, 9.17) is 4.74 Å². The molecular formula is C14H21FNO2+. The van der Waals surface area contributed by atoms with Crippen LogP contribution in [0.2, 0.25) is 0 Å². The minimum absolute atomic E-state index is 0.00842. The van der Waals surface area contributed by atoms with Crippen LogP contribution in [-0.4, -0.2) is 31.7 Å². The fourth-order valence-electron chi connectivity index (χ4n) is 1.38. The third kappa shape index (κ3) is 4.11. The van der Waals surface area contributed by atoms with Crippen LogP contribution in [0.15, 0.2) is 24.3 Å². The molecule has 0 aliphatic heterocycles. The van der Waals surface area contributed by atoms with Crippen molar-refractivity contribution in [2.45, 2.75) is 26.3 Å². The molecule has 0 aliphatic carbocycles. The van der Waals surface area contributed by atoms with E-state index in [9.17, 15) is 9.18 Å². The topological polar surface area (TPSA) is 30.7 Å². The molecule has 1 rings (SSSR count). The molecule has 1 aromatic carbocycles. The Labute approximate surface area is 108 Å². The van der Waals surface area contributed by atoms with E-state index in [1.165, 1.54) is 17.0 Å². The summed E-state index contributed by atoms with van der Waals surface area (Å²) in [5, 5.41) is 0. The molecule has 0 aliphatic rings. The quantitative estimate of drug-likeness (QED) is 0.821. The van der Waals surface area contributed by atoms with E-state index in [0.29, 0.717) is 6.54 Å². The van der Waals surface area contributed by atoms with E-state index in [1.807, 2.05) is 7.05 Å². The fourth-order valence-corrected chi connectivity index (χ4v) is 1.38. The maximum atomic E-state index is 13.3. The van der Waals surface area contributed by atoms with Crippen molar-refractivity contribution in [3.05, 3.63) is 35.6 Å². The highest BCUT2D eigenvalue weighted by atomic mass is 19.1. The Hall–Kier alpha value is -1.42. The minimum atomic E-state index is -0.602. The highest BCUT2D eigenvalue weighted by molar-refractivity contribution is 5.89. The van der Waals surface area contributed by atoms with Gasteiger partial charge in [0.05, 0.1) is 18.2 Å². The zero-order valence-electron chi connectivity index (χ0n) is 11.4. The van der Waals surface area contributed by atoms with Crippen molar-refractivity contribution in [1.29, 1.82) is 0 Å². The van der Waals surface area contributed by atoms with Crippen molar-refractivity contribution in [2.75, 3.05) is 20.2 Å². The number of hydrogen-bond donors (Lipinski definition) is 1. The van der Waals surface area contributed by atoms with E-state index in [0.717, 1.165) is 0 Å². The molecule has 0 aromatic heterocycles. The number of ether oxygens (including phenoxy) is 1. The standard InChI is InChI=1S/C14H20FNO2/c1-14(2,3)16(4)9-10-18-13(17)11-7-5-6-8-12(11)15/h5-8H,9-10H2,1-4H3/p+1. The number of nitrogens with one attached hydrogen (secondary N) is 1. The van der Waals surface area contributed by atoms with Gasteiger partial charge in [0.15, 0.2) is 0 Å². The summed E-state index contributed by atoms with van der Waals surface area (Å²) in [7, 11) is 2.04. The number of esters is 1. The first-order valence-corrected chi connectivity index (χ1v) is 6.07. The number of likely N-dealkylation sites (N-methyl/N-ethyl adjacent to an activating group) is 1. The van der Waals surface area contributed by atoms with Crippen molar-refractivity contribution in [1.82, 2.24) is 0 Å². The Bertz CT molecular complexity index is 413. The van der Waals surface area contributed by atoms with Crippen LogP contribution in [0.3, 0.4) is 0 Å². The van der Waals surface area contributed by atoms with Crippen LogP contribution in [0.25, 0.3) is 0 Å². The van der Waals surface area contributed by atoms with Gasteiger partial charge in [-0.05, 0) is 32.9 Å². The van der Waals surface area contributed by atoms with Crippen LogP contribution >= 0.6 is 0 Å². The third-order valence-corrected chi connectivity index (χ3v) is 3.08. The predicted octanol–water partition coefficient (Wildman–Crippen LogP) is 1.30. The van der Waals surface area contributed by atoms with Gasteiger partial charge in [0.25, 0.3) is 0 Å². The molecule has 0 amide bonds. The molecule has 1 atom stereocenters. The van der Waals surface area contributed by atoms with Crippen LogP contribution in [0.1, 0.15) is 31.1 Å². The molecule has 0 spiro atoms.